The van der Waals surface area contributed by atoms with E-state index in [0.717, 1.165) is 33.7 Å². The number of nitrogens with one attached hydrogen (secondary N) is 1. The standard InChI is InChI=1S/C25H31NO4S/c1-15-11-18(12-16(2)23(15)30-25(3,4)24(28)29-5)20-13-26-14-21(20)22(27)17-7-9-19(31-6)10-8-17/h7-12,20-21,26H,13-14H2,1-6H3/t20-,21?/m1/s1. The van der Waals surface area contributed by atoms with E-state index in [2.05, 4.69) is 17.4 Å². The number of carbonyl (C=O) groups is 2. The highest BCUT2D eigenvalue weighted by atomic mass is 32.2. The summed E-state index contributed by atoms with van der Waals surface area (Å²) in [5, 5.41) is 3.39. The summed E-state index contributed by atoms with van der Waals surface area (Å²) in [4.78, 5) is 26.4. The SMILES string of the molecule is COC(=O)C(C)(C)Oc1c(C)cc([C@H]2CNCC2C(=O)c2ccc(SC)cc2)cc1C. The summed E-state index contributed by atoms with van der Waals surface area (Å²) in [7, 11) is 1.36. The molecule has 1 fully saturated rings. The topological polar surface area (TPSA) is 64.6 Å². The van der Waals surface area contributed by atoms with Crippen LogP contribution in [0.5, 0.6) is 5.75 Å². The van der Waals surface area contributed by atoms with Crippen molar-refractivity contribution >= 4 is 23.5 Å². The second-order valence-electron chi connectivity index (χ2n) is 8.55. The van der Waals surface area contributed by atoms with Crippen LogP contribution in [0.25, 0.3) is 0 Å². The van der Waals surface area contributed by atoms with Crippen LogP contribution >= 0.6 is 11.8 Å². The first kappa shape index (κ1) is 23.4. The van der Waals surface area contributed by atoms with Crippen LogP contribution in [0, 0.1) is 19.8 Å². The molecule has 0 saturated carbocycles. The molecule has 2 atom stereocenters. The molecule has 6 heteroatoms. The van der Waals surface area contributed by atoms with Crippen molar-refractivity contribution in [3.8, 4) is 5.75 Å². The fourth-order valence-corrected chi connectivity index (χ4v) is 4.58. The van der Waals surface area contributed by atoms with Crippen molar-refractivity contribution in [1.82, 2.24) is 5.32 Å². The van der Waals surface area contributed by atoms with Crippen LogP contribution in [0.1, 0.15) is 46.8 Å². The van der Waals surface area contributed by atoms with Crippen molar-refractivity contribution in [2.24, 2.45) is 5.92 Å². The fourth-order valence-electron chi connectivity index (χ4n) is 4.18. The van der Waals surface area contributed by atoms with Crippen molar-refractivity contribution < 1.29 is 19.1 Å². The molecule has 0 aromatic heterocycles. The van der Waals surface area contributed by atoms with Gasteiger partial charge in [0.25, 0.3) is 0 Å². The largest absolute Gasteiger partial charge is 0.476 e. The normalized spacial score (nSPS) is 18.6. The van der Waals surface area contributed by atoms with E-state index in [-0.39, 0.29) is 17.6 Å². The number of esters is 1. The molecule has 3 rings (SSSR count). The maximum atomic E-state index is 13.2. The van der Waals surface area contributed by atoms with E-state index >= 15 is 0 Å². The quantitative estimate of drug-likeness (QED) is 0.387. The molecule has 1 heterocycles. The van der Waals surface area contributed by atoms with E-state index < -0.39 is 11.6 Å². The summed E-state index contributed by atoms with van der Waals surface area (Å²) in [5.41, 5.74) is 2.66. The molecule has 31 heavy (non-hydrogen) atoms. The van der Waals surface area contributed by atoms with E-state index in [1.807, 2.05) is 44.4 Å². The number of benzene rings is 2. The highest BCUT2D eigenvalue weighted by molar-refractivity contribution is 7.98. The second-order valence-corrected chi connectivity index (χ2v) is 9.43. The van der Waals surface area contributed by atoms with Gasteiger partial charge in [-0.3, -0.25) is 4.79 Å². The lowest BCUT2D eigenvalue weighted by molar-refractivity contribution is -0.156. The average molecular weight is 442 g/mol. The van der Waals surface area contributed by atoms with Crippen LogP contribution in [-0.2, 0) is 9.53 Å². The van der Waals surface area contributed by atoms with Crippen molar-refractivity contribution in [2.75, 3.05) is 26.5 Å². The highest BCUT2D eigenvalue weighted by Crippen LogP contribution is 2.36. The van der Waals surface area contributed by atoms with Crippen LogP contribution in [0.3, 0.4) is 0 Å². The Labute approximate surface area is 188 Å². The number of hydrogen-bond acceptors (Lipinski definition) is 6. The fraction of sp³-hybridized carbons (Fsp3) is 0.440. The molecule has 1 unspecified atom stereocenters. The Kier molecular flexibility index (Phi) is 7.12. The molecule has 0 bridgehead atoms. The van der Waals surface area contributed by atoms with E-state index in [4.69, 9.17) is 9.47 Å². The maximum absolute atomic E-state index is 13.2. The molecule has 0 radical (unpaired) electrons. The zero-order valence-electron chi connectivity index (χ0n) is 19.1. The van der Waals surface area contributed by atoms with Crippen molar-refractivity contribution in [3.05, 3.63) is 58.7 Å². The minimum absolute atomic E-state index is 0.0905. The third-order valence-corrected chi connectivity index (χ3v) is 6.61. The van der Waals surface area contributed by atoms with Crippen LogP contribution in [-0.4, -0.2) is 43.8 Å². The number of hydrogen-bond donors (Lipinski definition) is 1. The molecule has 1 aliphatic rings. The zero-order chi connectivity index (χ0) is 22.8. The average Bonchev–Trinajstić information content (AvgIpc) is 3.25. The number of rotatable bonds is 7. The third-order valence-electron chi connectivity index (χ3n) is 5.87. The minimum Gasteiger partial charge on any atom is -0.476 e. The van der Waals surface area contributed by atoms with Crippen LogP contribution in [0.2, 0.25) is 0 Å². The predicted molar refractivity (Wildman–Crippen MR) is 124 cm³/mol. The summed E-state index contributed by atoms with van der Waals surface area (Å²) in [6.07, 6.45) is 2.03. The van der Waals surface area contributed by atoms with E-state index in [9.17, 15) is 9.59 Å². The van der Waals surface area contributed by atoms with Gasteiger partial charge in [-0.05, 0) is 62.8 Å². The van der Waals surface area contributed by atoms with E-state index in [0.29, 0.717) is 12.3 Å². The molecule has 1 saturated heterocycles. The van der Waals surface area contributed by atoms with Crippen LogP contribution in [0.4, 0.5) is 0 Å². The molecule has 0 amide bonds. The third kappa shape index (κ3) is 4.96. The first-order chi connectivity index (χ1) is 14.7. The molecule has 5 nitrogen and oxygen atoms in total. The van der Waals surface area contributed by atoms with Gasteiger partial charge in [0, 0.05) is 35.4 Å². The molecular weight excluding hydrogens is 410 g/mol. The van der Waals surface area contributed by atoms with Gasteiger partial charge in [0.15, 0.2) is 11.4 Å². The Morgan fingerprint density at radius 3 is 2.23 bits per heavy atom. The molecule has 0 spiro atoms. The van der Waals surface area contributed by atoms with Crippen molar-refractivity contribution in [2.45, 2.75) is 44.1 Å². The summed E-state index contributed by atoms with van der Waals surface area (Å²) in [6, 6.07) is 12.0. The molecule has 2 aromatic rings. The van der Waals surface area contributed by atoms with Gasteiger partial charge in [-0.25, -0.2) is 4.79 Å². The molecule has 1 aliphatic heterocycles. The summed E-state index contributed by atoms with van der Waals surface area (Å²) in [6.45, 7) is 8.76. The van der Waals surface area contributed by atoms with Gasteiger partial charge < -0.3 is 14.8 Å². The lowest BCUT2D eigenvalue weighted by atomic mass is 9.82. The number of methoxy groups -OCH3 is 1. The van der Waals surface area contributed by atoms with E-state index in [1.54, 1.807) is 25.6 Å². The van der Waals surface area contributed by atoms with Crippen LogP contribution in [0.15, 0.2) is 41.3 Å². The van der Waals surface area contributed by atoms with Gasteiger partial charge >= 0.3 is 5.97 Å². The summed E-state index contributed by atoms with van der Waals surface area (Å²) < 4.78 is 10.9. The first-order valence-corrected chi connectivity index (χ1v) is 11.7. The molecule has 0 aliphatic carbocycles. The Balaban J connectivity index is 1.86. The lowest BCUT2D eigenvalue weighted by Crippen LogP contribution is -2.39. The van der Waals surface area contributed by atoms with Gasteiger partial charge in [0.2, 0.25) is 0 Å². The van der Waals surface area contributed by atoms with Gasteiger partial charge in [-0.2, -0.15) is 0 Å². The number of Topliss-reactive ketones (excluding diaryl/α,β-unsaturated/α-hetero) is 1. The lowest BCUT2D eigenvalue weighted by Gasteiger charge is -2.27. The van der Waals surface area contributed by atoms with Gasteiger partial charge in [-0.1, -0.05) is 24.3 Å². The Bertz CT molecular complexity index is 945. The number of thioether (sulfide) groups is 1. The molecule has 166 valence electrons. The zero-order valence-corrected chi connectivity index (χ0v) is 19.9. The highest BCUT2D eigenvalue weighted by Gasteiger charge is 2.36. The Morgan fingerprint density at radius 1 is 1.06 bits per heavy atom. The predicted octanol–water partition coefficient (Wildman–Crippen LogP) is 4.54. The van der Waals surface area contributed by atoms with Crippen LogP contribution < -0.4 is 10.1 Å². The monoisotopic (exact) mass is 441 g/mol. The number of aryl methyl sites for hydroxylation is 2. The summed E-state index contributed by atoms with van der Waals surface area (Å²) >= 11 is 1.67. The second kappa shape index (κ2) is 9.45. The van der Waals surface area contributed by atoms with Crippen molar-refractivity contribution in [3.63, 3.8) is 0 Å². The van der Waals surface area contributed by atoms with Crippen molar-refractivity contribution in [1.29, 1.82) is 0 Å². The number of ketones is 1. The Morgan fingerprint density at radius 2 is 1.68 bits per heavy atom. The minimum atomic E-state index is -1.08. The van der Waals surface area contributed by atoms with E-state index in [1.165, 1.54) is 7.11 Å². The molecule has 2 aromatic carbocycles. The van der Waals surface area contributed by atoms with Gasteiger partial charge in [-0.15, -0.1) is 11.8 Å². The Hall–Kier alpha value is -2.31. The maximum Gasteiger partial charge on any atom is 0.349 e. The number of ether oxygens (including phenoxy) is 2. The van der Waals surface area contributed by atoms with Gasteiger partial charge in [0.1, 0.15) is 5.75 Å². The van der Waals surface area contributed by atoms with Gasteiger partial charge in [0.05, 0.1) is 7.11 Å². The molecule has 1 N–H and O–H groups in total. The summed E-state index contributed by atoms with van der Waals surface area (Å²) in [5.74, 6) is 0.407. The smallest absolute Gasteiger partial charge is 0.349 e. The number of carbonyl (C=O) groups excluding carboxylic acids is 2. The molecular formula is C25H31NO4S. The first-order valence-electron chi connectivity index (χ1n) is 10.5.